The molecule has 5 nitrogen and oxygen atoms in total. The van der Waals surface area contributed by atoms with Crippen LogP contribution in [0.15, 0.2) is 18.2 Å². The van der Waals surface area contributed by atoms with Crippen LogP contribution in [0.4, 0.5) is 0 Å². The van der Waals surface area contributed by atoms with Crippen LogP contribution in [-0.4, -0.2) is 31.0 Å². The minimum absolute atomic E-state index is 0.0286. The van der Waals surface area contributed by atoms with Gasteiger partial charge in [0.2, 0.25) is 5.91 Å². The molecule has 1 aromatic rings. The van der Waals surface area contributed by atoms with Crippen molar-refractivity contribution in [3.05, 3.63) is 28.8 Å². The molecule has 0 heterocycles. The first-order valence-corrected chi connectivity index (χ1v) is 10.5. The van der Waals surface area contributed by atoms with E-state index in [0.717, 1.165) is 6.42 Å². The van der Waals surface area contributed by atoms with Gasteiger partial charge in [-0.3, -0.25) is 4.79 Å². The fraction of sp³-hybridized carbons (Fsp3) is 0.611. The second-order valence-electron chi connectivity index (χ2n) is 6.56. The second kappa shape index (κ2) is 9.43. The first kappa shape index (κ1) is 21.8. The molecular formula is C18H28ClNO4S. The molecule has 1 amide bonds. The molecule has 0 radical (unpaired) electrons. The molecule has 0 fully saturated rings. The maximum atomic E-state index is 12.6. The second-order valence-corrected chi connectivity index (χ2v) is 8.85. The van der Waals surface area contributed by atoms with Gasteiger partial charge in [-0.15, -0.1) is 0 Å². The Morgan fingerprint density at radius 3 is 2.40 bits per heavy atom. The van der Waals surface area contributed by atoms with Gasteiger partial charge in [0.15, 0.2) is 0 Å². The molecule has 0 saturated heterocycles. The van der Waals surface area contributed by atoms with Gasteiger partial charge in [-0.2, -0.15) is 8.42 Å². The van der Waals surface area contributed by atoms with Gasteiger partial charge in [0.05, 0.1) is 5.75 Å². The standard InChI is InChI=1S/C18H28ClNO4S/c1-6-14(5)20(18(21)10-13(3)4)12-15-11-16(19)8-9-17(15)24-25(22,23)7-2/h8-9,11,13-14H,6-7,10,12H2,1-5H3/t14-/m0/s1. The molecule has 0 spiro atoms. The monoisotopic (exact) mass is 389 g/mol. The van der Waals surface area contributed by atoms with Gasteiger partial charge in [0, 0.05) is 29.6 Å². The quantitative estimate of drug-likeness (QED) is 0.592. The third-order valence-electron chi connectivity index (χ3n) is 3.96. The Labute approximate surface area is 156 Å². The summed E-state index contributed by atoms with van der Waals surface area (Å²) in [5, 5.41) is 0.469. The zero-order chi connectivity index (χ0) is 19.2. The van der Waals surface area contributed by atoms with Gasteiger partial charge in [0.1, 0.15) is 5.75 Å². The van der Waals surface area contributed by atoms with Crippen LogP contribution < -0.4 is 4.18 Å². The van der Waals surface area contributed by atoms with E-state index in [-0.39, 0.29) is 35.9 Å². The predicted molar refractivity (Wildman–Crippen MR) is 101 cm³/mol. The number of rotatable bonds is 9. The summed E-state index contributed by atoms with van der Waals surface area (Å²) >= 11 is 6.07. The van der Waals surface area contributed by atoms with Crippen molar-refractivity contribution < 1.29 is 17.4 Å². The van der Waals surface area contributed by atoms with E-state index in [4.69, 9.17) is 15.8 Å². The number of benzene rings is 1. The largest absolute Gasteiger partial charge is 0.382 e. The lowest BCUT2D eigenvalue weighted by Crippen LogP contribution is -2.38. The van der Waals surface area contributed by atoms with E-state index in [1.807, 2.05) is 27.7 Å². The van der Waals surface area contributed by atoms with Gasteiger partial charge < -0.3 is 9.08 Å². The molecule has 1 rings (SSSR count). The van der Waals surface area contributed by atoms with Crippen molar-refractivity contribution >= 4 is 27.6 Å². The summed E-state index contributed by atoms with van der Waals surface area (Å²) in [5.74, 6) is 0.372. The number of hydrogen-bond acceptors (Lipinski definition) is 4. The summed E-state index contributed by atoms with van der Waals surface area (Å²) in [7, 11) is -3.66. The SMILES string of the molecule is CC[C@H](C)N(Cc1cc(Cl)ccc1OS(=O)(=O)CC)C(=O)CC(C)C. The van der Waals surface area contributed by atoms with Crippen molar-refractivity contribution in [1.29, 1.82) is 0 Å². The molecule has 25 heavy (non-hydrogen) atoms. The third kappa shape index (κ3) is 6.86. The first-order valence-electron chi connectivity index (χ1n) is 8.59. The highest BCUT2D eigenvalue weighted by atomic mass is 35.5. The Kier molecular flexibility index (Phi) is 8.22. The number of nitrogens with zero attached hydrogens (tertiary/aromatic N) is 1. The summed E-state index contributed by atoms with van der Waals surface area (Å²) in [6.07, 6.45) is 1.24. The molecule has 142 valence electrons. The normalized spacial score (nSPS) is 12.9. The van der Waals surface area contributed by atoms with Crippen molar-refractivity contribution in [2.45, 2.75) is 60.0 Å². The average Bonchev–Trinajstić information content (AvgIpc) is 2.53. The molecule has 0 aliphatic carbocycles. The highest BCUT2D eigenvalue weighted by Crippen LogP contribution is 2.27. The van der Waals surface area contributed by atoms with Crippen molar-refractivity contribution in [3.8, 4) is 5.75 Å². The van der Waals surface area contributed by atoms with E-state index in [9.17, 15) is 13.2 Å². The molecule has 7 heteroatoms. The maximum Gasteiger partial charge on any atom is 0.308 e. The molecular weight excluding hydrogens is 362 g/mol. The van der Waals surface area contributed by atoms with Crippen LogP contribution >= 0.6 is 11.6 Å². The van der Waals surface area contributed by atoms with Crippen molar-refractivity contribution in [3.63, 3.8) is 0 Å². The first-order chi connectivity index (χ1) is 11.6. The van der Waals surface area contributed by atoms with E-state index in [1.54, 1.807) is 17.0 Å². The Morgan fingerprint density at radius 2 is 1.88 bits per heavy atom. The zero-order valence-electron chi connectivity index (χ0n) is 15.6. The van der Waals surface area contributed by atoms with Crippen molar-refractivity contribution in [2.24, 2.45) is 5.92 Å². The third-order valence-corrected chi connectivity index (χ3v) is 5.34. The summed E-state index contributed by atoms with van der Waals surface area (Å²) in [6, 6.07) is 4.79. The van der Waals surface area contributed by atoms with Crippen molar-refractivity contribution in [1.82, 2.24) is 4.90 Å². The van der Waals surface area contributed by atoms with Gasteiger partial charge in [0.25, 0.3) is 0 Å². The van der Waals surface area contributed by atoms with Crippen LogP contribution in [-0.2, 0) is 21.5 Å². The highest BCUT2D eigenvalue weighted by Gasteiger charge is 2.23. The molecule has 0 saturated carbocycles. The number of carbonyl (C=O) groups is 1. The minimum Gasteiger partial charge on any atom is -0.382 e. The van der Waals surface area contributed by atoms with Crippen LogP contribution in [0, 0.1) is 5.92 Å². The number of carbonyl (C=O) groups excluding carboxylic acids is 1. The summed E-state index contributed by atoms with van der Waals surface area (Å²) in [6.45, 7) is 9.75. The van der Waals surface area contributed by atoms with E-state index in [2.05, 4.69) is 0 Å². The maximum absolute atomic E-state index is 12.6. The molecule has 0 aliphatic heterocycles. The zero-order valence-corrected chi connectivity index (χ0v) is 17.2. The Hall–Kier alpha value is -1.27. The fourth-order valence-corrected chi connectivity index (χ4v) is 3.06. The Bertz CT molecular complexity index is 688. The number of amides is 1. The molecule has 0 aliphatic rings. The molecule has 0 bridgehead atoms. The van der Waals surface area contributed by atoms with E-state index < -0.39 is 10.1 Å². The fourth-order valence-electron chi connectivity index (χ4n) is 2.31. The van der Waals surface area contributed by atoms with E-state index in [0.29, 0.717) is 17.0 Å². The van der Waals surface area contributed by atoms with Crippen LogP contribution in [0.2, 0.25) is 5.02 Å². The van der Waals surface area contributed by atoms with E-state index in [1.165, 1.54) is 13.0 Å². The minimum atomic E-state index is -3.66. The Balaban J connectivity index is 3.18. The lowest BCUT2D eigenvalue weighted by molar-refractivity contribution is -0.134. The number of halogens is 1. The summed E-state index contributed by atoms with van der Waals surface area (Å²) in [4.78, 5) is 14.4. The molecule has 1 aromatic carbocycles. The highest BCUT2D eigenvalue weighted by molar-refractivity contribution is 7.87. The van der Waals surface area contributed by atoms with Crippen LogP contribution in [0.5, 0.6) is 5.75 Å². The summed E-state index contributed by atoms with van der Waals surface area (Å²) < 4.78 is 28.8. The van der Waals surface area contributed by atoms with Gasteiger partial charge >= 0.3 is 10.1 Å². The number of hydrogen-bond donors (Lipinski definition) is 0. The van der Waals surface area contributed by atoms with Crippen LogP contribution in [0.1, 0.15) is 53.0 Å². The molecule has 0 aromatic heterocycles. The van der Waals surface area contributed by atoms with Gasteiger partial charge in [-0.25, -0.2) is 0 Å². The smallest absolute Gasteiger partial charge is 0.308 e. The van der Waals surface area contributed by atoms with Gasteiger partial charge in [-0.1, -0.05) is 32.4 Å². The van der Waals surface area contributed by atoms with Crippen LogP contribution in [0.25, 0.3) is 0 Å². The van der Waals surface area contributed by atoms with Crippen molar-refractivity contribution in [2.75, 3.05) is 5.75 Å². The Morgan fingerprint density at radius 1 is 1.24 bits per heavy atom. The molecule has 0 unspecified atom stereocenters. The lowest BCUT2D eigenvalue weighted by atomic mass is 10.1. The van der Waals surface area contributed by atoms with E-state index >= 15 is 0 Å². The van der Waals surface area contributed by atoms with Crippen LogP contribution in [0.3, 0.4) is 0 Å². The average molecular weight is 390 g/mol. The topological polar surface area (TPSA) is 63.7 Å². The molecule has 0 N–H and O–H groups in total. The lowest BCUT2D eigenvalue weighted by Gasteiger charge is -2.30. The summed E-state index contributed by atoms with van der Waals surface area (Å²) in [5.41, 5.74) is 0.585. The van der Waals surface area contributed by atoms with Gasteiger partial charge in [-0.05, 0) is 44.4 Å². The molecule has 1 atom stereocenters. The predicted octanol–water partition coefficient (Wildman–Crippen LogP) is 4.24.